The maximum absolute atomic E-state index is 12.4. The van der Waals surface area contributed by atoms with E-state index in [9.17, 15) is 4.79 Å². The smallest absolute Gasteiger partial charge is 0.252 e. The van der Waals surface area contributed by atoms with E-state index >= 15 is 0 Å². The number of ether oxygens (including phenoxy) is 2. The van der Waals surface area contributed by atoms with E-state index in [2.05, 4.69) is 0 Å². The molecule has 1 saturated carbocycles. The molecule has 3 aliphatic rings. The number of morpholine rings is 1. The van der Waals surface area contributed by atoms with Gasteiger partial charge >= 0.3 is 0 Å². The molecule has 0 aromatic carbocycles. The van der Waals surface area contributed by atoms with E-state index in [1.54, 1.807) is 0 Å². The van der Waals surface area contributed by atoms with Crippen LogP contribution >= 0.6 is 0 Å². The third-order valence-corrected chi connectivity index (χ3v) is 4.22. The Morgan fingerprint density at radius 2 is 1.88 bits per heavy atom. The van der Waals surface area contributed by atoms with Gasteiger partial charge in [-0.05, 0) is 25.7 Å². The quantitative estimate of drug-likeness (QED) is 0.693. The Morgan fingerprint density at radius 1 is 1.00 bits per heavy atom. The van der Waals surface area contributed by atoms with Gasteiger partial charge < -0.3 is 14.4 Å². The van der Waals surface area contributed by atoms with Gasteiger partial charge in [-0.2, -0.15) is 0 Å². The molecular formula is C13H21NO3. The molecule has 2 aliphatic heterocycles. The third-order valence-electron chi connectivity index (χ3n) is 4.22. The largest absolute Gasteiger partial charge is 0.374 e. The summed E-state index contributed by atoms with van der Waals surface area (Å²) in [4.78, 5) is 14.4. The predicted octanol–water partition coefficient (Wildman–Crippen LogP) is 1.34. The molecular weight excluding hydrogens is 218 g/mol. The standard InChI is InChI=1S/C13H21NO3/c15-13(12-6-3-8-16-12)14-7-9-17-11-5-2-1-4-10(11)14/h10-12H,1-9H2/t10-,11+,12+/m1/s1. The summed E-state index contributed by atoms with van der Waals surface area (Å²) in [6, 6.07) is 0.314. The van der Waals surface area contributed by atoms with Gasteiger partial charge in [0.25, 0.3) is 5.91 Å². The lowest BCUT2D eigenvalue weighted by atomic mass is 9.90. The van der Waals surface area contributed by atoms with Crippen molar-refractivity contribution >= 4 is 5.91 Å². The fourth-order valence-corrected chi connectivity index (χ4v) is 3.33. The van der Waals surface area contributed by atoms with Crippen molar-refractivity contribution in [3.63, 3.8) is 0 Å². The first-order valence-electron chi connectivity index (χ1n) is 6.90. The van der Waals surface area contributed by atoms with Crippen molar-refractivity contribution in [1.82, 2.24) is 4.90 Å². The van der Waals surface area contributed by atoms with Crippen LogP contribution in [0.2, 0.25) is 0 Å². The molecule has 0 aromatic heterocycles. The number of hydrogen-bond acceptors (Lipinski definition) is 3. The number of rotatable bonds is 1. The Hall–Kier alpha value is -0.610. The molecule has 3 atom stereocenters. The van der Waals surface area contributed by atoms with Crippen molar-refractivity contribution in [3.8, 4) is 0 Å². The predicted molar refractivity (Wildman–Crippen MR) is 62.7 cm³/mol. The lowest BCUT2D eigenvalue weighted by Gasteiger charge is -2.44. The topological polar surface area (TPSA) is 38.8 Å². The summed E-state index contributed by atoms with van der Waals surface area (Å²) in [5.41, 5.74) is 0. The fourth-order valence-electron chi connectivity index (χ4n) is 3.33. The van der Waals surface area contributed by atoms with E-state index in [-0.39, 0.29) is 18.1 Å². The minimum Gasteiger partial charge on any atom is -0.374 e. The maximum atomic E-state index is 12.4. The van der Waals surface area contributed by atoms with Crippen molar-refractivity contribution in [2.75, 3.05) is 19.8 Å². The second-order valence-corrected chi connectivity index (χ2v) is 5.29. The van der Waals surface area contributed by atoms with Crippen LogP contribution in [-0.4, -0.2) is 48.8 Å². The molecule has 0 N–H and O–H groups in total. The van der Waals surface area contributed by atoms with Gasteiger partial charge in [0.1, 0.15) is 6.10 Å². The van der Waals surface area contributed by atoms with Gasteiger partial charge in [0.2, 0.25) is 0 Å². The van der Waals surface area contributed by atoms with Crippen molar-refractivity contribution in [2.45, 2.75) is 56.8 Å². The molecule has 0 bridgehead atoms. The molecule has 96 valence electrons. The van der Waals surface area contributed by atoms with Gasteiger partial charge in [-0.15, -0.1) is 0 Å². The minimum absolute atomic E-state index is 0.171. The molecule has 1 amide bonds. The van der Waals surface area contributed by atoms with Crippen LogP contribution in [-0.2, 0) is 14.3 Å². The van der Waals surface area contributed by atoms with E-state index in [0.29, 0.717) is 12.6 Å². The second-order valence-electron chi connectivity index (χ2n) is 5.29. The van der Waals surface area contributed by atoms with Crippen LogP contribution in [0.4, 0.5) is 0 Å². The Morgan fingerprint density at radius 3 is 2.71 bits per heavy atom. The van der Waals surface area contributed by atoms with Crippen LogP contribution < -0.4 is 0 Å². The highest BCUT2D eigenvalue weighted by atomic mass is 16.5. The first-order chi connectivity index (χ1) is 8.36. The minimum atomic E-state index is -0.171. The lowest BCUT2D eigenvalue weighted by Crippen LogP contribution is -2.57. The first kappa shape index (κ1) is 11.5. The summed E-state index contributed by atoms with van der Waals surface area (Å²) in [5.74, 6) is 0.211. The van der Waals surface area contributed by atoms with Gasteiger partial charge in [0.15, 0.2) is 0 Å². The molecule has 3 fully saturated rings. The SMILES string of the molecule is O=C([C@@H]1CCCO1)N1CCO[C@H]2CCCC[C@H]21. The highest BCUT2D eigenvalue weighted by Crippen LogP contribution is 2.29. The highest BCUT2D eigenvalue weighted by Gasteiger charge is 2.39. The van der Waals surface area contributed by atoms with Crippen LogP contribution in [0.3, 0.4) is 0 Å². The third kappa shape index (κ3) is 2.20. The molecule has 0 unspecified atom stereocenters. The normalized spacial score (nSPS) is 37.9. The van der Waals surface area contributed by atoms with Crippen LogP contribution in [0, 0.1) is 0 Å². The van der Waals surface area contributed by atoms with E-state index < -0.39 is 0 Å². The van der Waals surface area contributed by atoms with Gasteiger partial charge in [-0.3, -0.25) is 4.79 Å². The maximum Gasteiger partial charge on any atom is 0.252 e. The monoisotopic (exact) mass is 239 g/mol. The summed E-state index contributed by atoms with van der Waals surface area (Å²) in [6.45, 7) is 2.19. The molecule has 4 nitrogen and oxygen atoms in total. The van der Waals surface area contributed by atoms with Crippen LogP contribution in [0.1, 0.15) is 38.5 Å². The first-order valence-corrected chi connectivity index (χ1v) is 6.90. The van der Waals surface area contributed by atoms with Crippen LogP contribution in [0.5, 0.6) is 0 Å². The summed E-state index contributed by atoms with van der Waals surface area (Å²) < 4.78 is 11.3. The number of nitrogens with zero attached hydrogens (tertiary/aromatic N) is 1. The summed E-state index contributed by atoms with van der Waals surface area (Å²) in [5, 5.41) is 0. The molecule has 4 heteroatoms. The van der Waals surface area contributed by atoms with Crippen molar-refractivity contribution in [3.05, 3.63) is 0 Å². The molecule has 0 radical (unpaired) electrons. The van der Waals surface area contributed by atoms with E-state index in [4.69, 9.17) is 9.47 Å². The molecule has 1 aliphatic carbocycles. The zero-order valence-electron chi connectivity index (χ0n) is 10.3. The number of amides is 1. The molecule has 2 heterocycles. The van der Waals surface area contributed by atoms with Gasteiger partial charge in [0, 0.05) is 13.2 Å². The summed E-state index contributed by atoms with van der Waals surface area (Å²) >= 11 is 0. The number of carbonyl (C=O) groups is 1. The molecule has 3 rings (SSSR count). The fraction of sp³-hybridized carbons (Fsp3) is 0.923. The average molecular weight is 239 g/mol. The van der Waals surface area contributed by atoms with Crippen molar-refractivity contribution < 1.29 is 14.3 Å². The molecule has 2 saturated heterocycles. The number of carbonyl (C=O) groups excluding carboxylic acids is 1. The van der Waals surface area contributed by atoms with Crippen LogP contribution in [0.25, 0.3) is 0 Å². The van der Waals surface area contributed by atoms with Gasteiger partial charge in [-0.25, -0.2) is 0 Å². The van der Waals surface area contributed by atoms with Crippen molar-refractivity contribution in [2.24, 2.45) is 0 Å². The van der Waals surface area contributed by atoms with Crippen LogP contribution in [0.15, 0.2) is 0 Å². The van der Waals surface area contributed by atoms with E-state index in [0.717, 1.165) is 38.8 Å². The molecule has 0 spiro atoms. The Kier molecular flexibility index (Phi) is 3.34. The summed E-state index contributed by atoms with van der Waals surface area (Å²) in [6.07, 6.45) is 6.70. The Bertz CT molecular complexity index is 286. The van der Waals surface area contributed by atoms with E-state index in [1.165, 1.54) is 12.8 Å². The molecule has 0 aromatic rings. The Balaban J connectivity index is 1.69. The average Bonchev–Trinajstić information content (AvgIpc) is 2.91. The van der Waals surface area contributed by atoms with E-state index in [1.807, 2.05) is 4.90 Å². The number of hydrogen-bond donors (Lipinski definition) is 0. The Labute approximate surface area is 102 Å². The highest BCUT2D eigenvalue weighted by molar-refractivity contribution is 5.81. The lowest BCUT2D eigenvalue weighted by molar-refractivity contribution is -0.158. The second kappa shape index (κ2) is 4.94. The summed E-state index contributed by atoms with van der Waals surface area (Å²) in [7, 11) is 0. The zero-order chi connectivity index (χ0) is 11.7. The van der Waals surface area contributed by atoms with Gasteiger partial charge in [0.05, 0.1) is 18.8 Å². The number of fused-ring (bicyclic) bond motifs is 1. The van der Waals surface area contributed by atoms with Crippen molar-refractivity contribution in [1.29, 1.82) is 0 Å². The molecule has 17 heavy (non-hydrogen) atoms. The van der Waals surface area contributed by atoms with Gasteiger partial charge in [-0.1, -0.05) is 12.8 Å². The zero-order valence-corrected chi connectivity index (χ0v) is 10.3.